The number of anilines is 1. The molecule has 0 heterocycles. The number of rotatable bonds is 12. The summed E-state index contributed by atoms with van der Waals surface area (Å²) in [5, 5.41) is 14.4. The fraction of sp³-hybridized carbons (Fsp3) is 0.680. The third-order valence-electron chi connectivity index (χ3n) is 6.12. The first-order valence-electron chi connectivity index (χ1n) is 11.3. The van der Waals surface area contributed by atoms with Crippen molar-refractivity contribution in [2.75, 3.05) is 25.6 Å². The van der Waals surface area contributed by atoms with Crippen molar-refractivity contribution in [2.24, 2.45) is 5.92 Å². The first-order chi connectivity index (χ1) is 13.9. The van der Waals surface area contributed by atoms with Crippen LogP contribution in [0.5, 0.6) is 5.75 Å². The summed E-state index contributed by atoms with van der Waals surface area (Å²) in [7, 11) is 0.0975. The largest absolute Gasteiger partial charge is 0.491 e. The van der Waals surface area contributed by atoms with Gasteiger partial charge in [-0.3, -0.25) is 0 Å². The van der Waals surface area contributed by atoms with Crippen LogP contribution in [0.15, 0.2) is 29.8 Å². The lowest BCUT2D eigenvalue weighted by atomic mass is 9.93. The molecule has 1 unspecified atom stereocenters. The van der Waals surface area contributed by atoms with Crippen LogP contribution in [-0.4, -0.2) is 33.7 Å². The summed E-state index contributed by atoms with van der Waals surface area (Å²) in [6.45, 7) is 18.7. The third kappa shape index (κ3) is 8.44. The van der Waals surface area contributed by atoms with E-state index in [0.717, 1.165) is 29.8 Å². The quantitative estimate of drug-likeness (QED) is 0.212. The Labute approximate surface area is 186 Å². The predicted octanol–water partition coefficient (Wildman–Crippen LogP) is 6.93. The molecule has 0 amide bonds. The fourth-order valence-corrected chi connectivity index (χ4v) is 4.20. The lowest BCUT2D eigenvalue weighted by Gasteiger charge is -2.36. The minimum atomic E-state index is -1.79. The van der Waals surface area contributed by atoms with Crippen LogP contribution in [0.2, 0.25) is 18.1 Å². The number of aliphatic hydroxyl groups excluding tert-OH is 1. The zero-order valence-corrected chi connectivity index (χ0v) is 21.8. The molecule has 0 saturated carbocycles. The van der Waals surface area contributed by atoms with Gasteiger partial charge in [0.2, 0.25) is 0 Å². The van der Waals surface area contributed by atoms with Gasteiger partial charge in [-0.2, -0.15) is 0 Å². The van der Waals surface area contributed by atoms with Crippen molar-refractivity contribution in [3.63, 3.8) is 0 Å². The summed E-state index contributed by atoms with van der Waals surface area (Å²) in [5.74, 6) is 1.17. The highest BCUT2D eigenvalue weighted by molar-refractivity contribution is 6.74. The predicted molar refractivity (Wildman–Crippen MR) is 132 cm³/mol. The molecular formula is C25H45NO3Si. The fourth-order valence-electron chi connectivity index (χ4n) is 3.17. The summed E-state index contributed by atoms with van der Waals surface area (Å²) >= 11 is 0. The van der Waals surface area contributed by atoms with E-state index in [1.807, 2.05) is 25.2 Å². The maximum absolute atomic E-state index is 11.0. The molecule has 0 aromatic heterocycles. The first kappa shape index (κ1) is 26.7. The summed E-state index contributed by atoms with van der Waals surface area (Å²) in [5.41, 5.74) is 3.11. The van der Waals surface area contributed by atoms with E-state index in [2.05, 4.69) is 66.0 Å². The number of hydrogen-bond acceptors (Lipinski definition) is 4. The lowest BCUT2D eigenvalue weighted by Crippen LogP contribution is -2.41. The van der Waals surface area contributed by atoms with Gasteiger partial charge >= 0.3 is 0 Å². The molecule has 0 aliphatic heterocycles. The minimum absolute atomic E-state index is 0.183. The van der Waals surface area contributed by atoms with Gasteiger partial charge in [0.15, 0.2) is 8.32 Å². The number of benzene rings is 1. The minimum Gasteiger partial charge on any atom is -0.491 e. The molecule has 30 heavy (non-hydrogen) atoms. The Morgan fingerprint density at radius 3 is 2.43 bits per heavy atom. The standard InChI is InChI=1S/C25H45NO3Si/c1-19(2)12-10-13-20(3)18-22(27)24-21(26-7)14-11-15-23(24)28-16-17-29-30(8,9)25(4,5)6/h11-12,14-15,20,22,26-27H,10,13,16-18H2,1-9H3/t20-,22?/m1/s1. The van der Waals surface area contributed by atoms with Gasteiger partial charge in [0.05, 0.1) is 12.7 Å². The zero-order chi connectivity index (χ0) is 22.9. The van der Waals surface area contributed by atoms with E-state index in [9.17, 15) is 5.11 Å². The first-order valence-corrected chi connectivity index (χ1v) is 14.2. The van der Waals surface area contributed by atoms with Crippen molar-refractivity contribution < 1.29 is 14.3 Å². The molecule has 1 aromatic carbocycles. The highest BCUT2D eigenvalue weighted by atomic mass is 28.4. The molecule has 2 N–H and O–H groups in total. The summed E-state index contributed by atoms with van der Waals surface area (Å²) in [6.07, 6.45) is 4.54. The normalized spacial score (nSPS) is 14.2. The number of allylic oxidation sites excluding steroid dienone is 2. The van der Waals surface area contributed by atoms with Crippen LogP contribution in [0, 0.1) is 5.92 Å². The molecule has 0 bridgehead atoms. The second kappa shape index (κ2) is 11.9. The van der Waals surface area contributed by atoms with E-state index < -0.39 is 14.4 Å². The molecule has 0 aliphatic carbocycles. The van der Waals surface area contributed by atoms with Gasteiger partial charge in [-0.1, -0.05) is 45.4 Å². The monoisotopic (exact) mass is 435 g/mol. The van der Waals surface area contributed by atoms with Crippen molar-refractivity contribution in [3.05, 3.63) is 35.4 Å². The molecule has 5 heteroatoms. The van der Waals surface area contributed by atoms with E-state index in [4.69, 9.17) is 9.16 Å². The van der Waals surface area contributed by atoms with Crippen LogP contribution in [0.25, 0.3) is 0 Å². The second-order valence-corrected chi connectivity index (χ2v) is 14.9. The number of ether oxygens (including phenoxy) is 1. The maximum atomic E-state index is 11.0. The van der Waals surface area contributed by atoms with Gasteiger partial charge < -0.3 is 19.6 Å². The Balaban J connectivity index is 2.79. The van der Waals surface area contributed by atoms with Gasteiger partial charge in [-0.05, 0) is 69.3 Å². The van der Waals surface area contributed by atoms with Crippen LogP contribution in [0.3, 0.4) is 0 Å². The average molecular weight is 436 g/mol. The summed E-state index contributed by atoms with van der Waals surface area (Å²) in [6, 6.07) is 5.90. The topological polar surface area (TPSA) is 50.7 Å². The van der Waals surface area contributed by atoms with Gasteiger partial charge in [0.25, 0.3) is 0 Å². The van der Waals surface area contributed by atoms with E-state index in [0.29, 0.717) is 25.6 Å². The highest BCUT2D eigenvalue weighted by Crippen LogP contribution is 2.38. The molecule has 1 rings (SSSR count). The Morgan fingerprint density at radius 2 is 1.87 bits per heavy atom. The second-order valence-electron chi connectivity index (χ2n) is 10.1. The van der Waals surface area contributed by atoms with Gasteiger partial charge in [-0.15, -0.1) is 0 Å². The highest BCUT2D eigenvalue weighted by Gasteiger charge is 2.36. The van der Waals surface area contributed by atoms with Crippen LogP contribution in [0.4, 0.5) is 5.69 Å². The summed E-state index contributed by atoms with van der Waals surface area (Å²) < 4.78 is 12.3. The average Bonchev–Trinajstić information content (AvgIpc) is 2.63. The SMILES string of the molecule is CNc1cccc(OCCO[Si](C)(C)C(C)(C)C)c1C(O)C[C@H](C)CCC=C(C)C. The number of hydrogen-bond donors (Lipinski definition) is 2. The van der Waals surface area contributed by atoms with Crippen molar-refractivity contribution >= 4 is 14.0 Å². The maximum Gasteiger partial charge on any atom is 0.192 e. The van der Waals surface area contributed by atoms with Crippen molar-refractivity contribution in [1.29, 1.82) is 0 Å². The van der Waals surface area contributed by atoms with Crippen LogP contribution in [0.1, 0.15) is 72.5 Å². The molecule has 0 radical (unpaired) electrons. The molecule has 0 spiro atoms. The van der Waals surface area contributed by atoms with Crippen molar-refractivity contribution in [1.82, 2.24) is 0 Å². The van der Waals surface area contributed by atoms with E-state index in [1.54, 1.807) is 0 Å². The molecule has 1 aromatic rings. The Bertz CT molecular complexity index is 675. The molecule has 172 valence electrons. The zero-order valence-electron chi connectivity index (χ0n) is 20.8. The van der Waals surface area contributed by atoms with Crippen LogP contribution in [-0.2, 0) is 4.43 Å². The molecule has 0 saturated heterocycles. The Morgan fingerprint density at radius 1 is 1.20 bits per heavy atom. The van der Waals surface area contributed by atoms with E-state index >= 15 is 0 Å². The Hall–Kier alpha value is -1.30. The molecule has 2 atom stereocenters. The summed E-state index contributed by atoms with van der Waals surface area (Å²) in [4.78, 5) is 0. The Kier molecular flexibility index (Phi) is 10.6. The molecule has 0 fully saturated rings. The number of aliphatic hydroxyl groups is 1. The smallest absolute Gasteiger partial charge is 0.192 e. The molecular weight excluding hydrogens is 390 g/mol. The van der Waals surface area contributed by atoms with Crippen molar-refractivity contribution in [2.45, 2.75) is 85.0 Å². The third-order valence-corrected chi connectivity index (χ3v) is 10.7. The van der Waals surface area contributed by atoms with Gasteiger partial charge in [0, 0.05) is 18.3 Å². The van der Waals surface area contributed by atoms with Crippen LogP contribution >= 0.6 is 0 Å². The van der Waals surface area contributed by atoms with E-state index in [1.165, 1.54) is 5.57 Å². The van der Waals surface area contributed by atoms with E-state index in [-0.39, 0.29) is 5.04 Å². The van der Waals surface area contributed by atoms with Crippen LogP contribution < -0.4 is 10.1 Å². The lowest BCUT2D eigenvalue weighted by molar-refractivity contribution is 0.138. The van der Waals surface area contributed by atoms with Gasteiger partial charge in [0.1, 0.15) is 12.4 Å². The molecule has 4 nitrogen and oxygen atoms in total. The molecule has 0 aliphatic rings. The van der Waals surface area contributed by atoms with Crippen molar-refractivity contribution in [3.8, 4) is 5.75 Å². The van der Waals surface area contributed by atoms with Gasteiger partial charge in [-0.25, -0.2) is 0 Å². The number of nitrogens with one attached hydrogen (secondary N) is 1.